The highest BCUT2D eigenvalue weighted by Gasteiger charge is 2.09. The minimum Gasteiger partial charge on any atom is -0.493 e. The van der Waals surface area contributed by atoms with Gasteiger partial charge >= 0.3 is 0 Å². The Morgan fingerprint density at radius 3 is 2.35 bits per heavy atom. The van der Waals surface area contributed by atoms with Gasteiger partial charge in [-0.1, -0.05) is 0 Å². The first kappa shape index (κ1) is 12.8. The largest absolute Gasteiger partial charge is 0.493 e. The van der Waals surface area contributed by atoms with Gasteiger partial charge in [0.05, 0.1) is 20.4 Å². The van der Waals surface area contributed by atoms with Crippen LogP contribution in [0, 0.1) is 5.82 Å². The molecule has 7 heteroatoms. The summed E-state index contributed by atoms with van der Waals surface area (Å²) in [5.74, 6) is -0.0385. The fourth-order valence-corrected chi connectivity index (χ4v) is 1.13. The normalized spacial score (nSPS) is 10.3. The molecule has 0 unspecified atom stereocenters. The second kappa shape index (κ2) is 5.69. The number of benzene rings is 1. The van der Waals surface area contributed by atoms with Crippen molar-refractivity contribution in [1.82, 2.24) is 0 Å². The van der Waals surface area contributed by atoms with Gasteiger partial charge in [0.1, 0.15) is 5.82 Å². The molecule has 0 atom stereocenters. The average Bonchev–Trinajstić information content (AvgIpc) is 2.30. The van der Waals surface area contributed by atoms with Gasteiger partial charge in [-0.25, -0.2) is 4.39 Å². The van der Waals surface area contributed by atoms with Crippen molar-refractivity contribution in [3.63, 3.8) is 0 Å². The zero-order valence-electron chi connectivity index (χ0n) is 9.48. The van der Waals surface area contributed by atoms with Crippen LogP contribution in [0.3, 0.4) is 0 Å². The number of hydrogen-bond acceptors (Lipinski definition) is 4. The van der Waals surface area contributed by atoms with E-state index in [-0.39, 0.29) is 11.5 Å². The smallest absolute Gasteiger partial charge is 0.211 e. The summed E-state index contributed by atoms with van der Waals surface area (Å²) in [6.07, 6.45) is 1.18. The fourth-order valence-electron chi connectivity index (χ4n) is 1.13. The maximum Gasteiger partial charge on any atom is 0.211 e. The number of hydrogen-bond donors (Lipinski definition) is 2. The van der Waals surface area contributed by atoms with Crippen LogP contribution < -0.4 is 20.9 Å². The van der Waals surface area contributed by atoms with Crippen molar-refractivity contribution in [3.8, 4) is 11.5 Å². The first-order chi connectivity index (χ1) is 8.08. The predicted molar refractivity (Wildman–Crippen MR) is 62.9 cm³/mol. The molecule has 6 nitrogen and oxygen atoms in total. The summed E-state index contributed by atoms with van der Waals surface area (Å²) in [4.78, 5) is 0. The van der Waals surface area contributed by atoms with E-state index in [1.165, 1.54) is 32.6 Å². The molecule has 0 aliphatic carbocycles. The lowest BCUT2D eigenvalue weighted by Gasteiger charge is -2.08. The Labute approximate surface area is 97.7 Å². The summed E-state index contributed by atoms with van der Waals surface area (Å²) in [6, 6.07) is 2.62. The Kier molecular flexibility index (Phi) is 4.27. The van der Waals surface area contributed by atoms with Crippen LogP contribution in [0.25, 0.3) is 0 Å². The molecule has 0 saturated carbocycles. The van der Waals surface area contributed by atoms with Gasteiger partial charge in [-0.2, -0.15) is 5.10 Å². The van der Waals surface area contributed by atoms with E-state index in [0.717, 1.165) is 0 Å². The van der Waals surface area contributed by atoms with Crippen molar-refractivity contribution in [1.29, 1.82) is 0 Å². The van der Waals surface area contributed by atoms with Crippen molar-refractivity contribution in [2.45, 2.75) is 0 Å². The molecule has 0 amide bonds. The molecule has 17 heavy (non-hydrogen) atoms. The number of ether oxygens (including phenoxy) is 2. The van der Waals surface area contributed by atoms with Crippen LogP contribution in [0.5, 0.6) is 11.5 Å². The lowest BCUT2D eigenvalue weighted by atomic mass is 10.2. The third-order valence-electron chi connectivity index (χ3n) is 1.87. The minimum absolute atomic E-state index is 0.188. The Morgan fingerprint density at radius 1 is 1.24 bits per heavy atom. The highest BCUT2D eigenvalue weighted by molar-refractivity contribution is 5.82. The Balaban J connectivity index is 3.09. The van der Waals surface area contributed by atoms with E-state index >= 15 is 0 Å². The van der Waals surface area contributed by atoms with Crippen molar-refractivity contribution < 1.29 is 13.9 Å². The summed E-state index contributed by atoms with van der Waals surface area (Å²) in [6.45, 7) is 0. The Hall–Kier alpha value is -2.31. The quantitative estimate of drug-likeness (QED) is 0.453. The van der Waals surface area contributed by atoms with E-state index in [0.29, 0.717) is 11.5 Å². The van der Waals surface area contributed by atoms with Crippen molar-refractivity contribution in [3.05, 3.63) is 23.5 Å². The molecule has 0 saturated heterocycles. The molecule has 0 heterocycles. The Bertz CT molecular complexity index is 456. The molecule has 0 fully saturated rings. The maximum atomic E-state index is 13.5. The molecule has 0 aromatic heterocycles. The predicted octanol–water partition coefficient (Wildman–Crippen LogP) is 0.450. The van der Waals surface area contributed by atoms with Crippen LogP contribution >= 0.6 is 0 Å². The van der Waals surface area contributed by atoms with Gasteiger partial charge in [-0.15, -0.1) is 5.10 Å². The third-order valence-corrected chi connectivity index (χ3v) is 1.87. The Morgan fingerprint density at radius 2 is 1.82 bits per heavy atom. The topological polar surface area (TPSA) is 95.2 Å². The number of halogens is 1. The van der Waals surface area contributed by atoms with Crippen LogP contribution in [0.4, 0.5) is 4.39 Å². The average molecular weight is 240 g/mol. The van der Waals surface area contributed by atoms with E-state index in [1.807, 2.05) is 0 Å². The van der Waals surface area contributed by atoms with Crippen molar-refractivity contribution in [2.24, 2.45) is 21.7 Å². The van der Waals surface area contributed by atoms with Crippen LogP contribution in [0.1, 0.15) is 5.56 Å². The van der Waals surface area contributed by atoms with Crippen LogP contribution in [-0.4, -0.2) is 26.4 Å². The number of guanidine groups is 1. The zero-order valence-corrected chi connectivity index (χ0v) is 9.48. The van der Waals surface area contributed by atoms with Gasteiger partial charge in [0.25, 0.3) is 0 Å². The second-order valence-electron chi connectivity index (χ2n) is 3.00. The van der Waals surface area contributed by atoms with Crippen LogP contribution in [0.2, 0.25) is 0 Å². The highest BCUT2D eigenvalue weighted by atomic mass is 19.1. The number of nitrogens with zero attached hydrogens (tertiary/aromatic N) is 2. The highest BCUT2D eigenvalue weighted by Crippen LogP contribution is 2.29. The summed E-state index contributed by atoms with van der Waals surface area (Å²) >= 11 is 0. The van der Waals surface area contributed by atoms with E-state index in [1.54, 1.807) is 0 Å². The van der Waals surface area contributed by atoms with Gasteiger partial charge in [0.15, 0.2) is 11.5 Å². The fraction of sp³-hybridized carbons (Fsp3) is 0.200. The van der Waals surface area contributed by atoms with E-state index in [2.05, 4.69) is 10.2 Å². The van der Waals surface area contributed by atoms with Gasteiger partial charge in [-0.05, 0) is 6.07 Å². The zero-order chi connectivity index (χ0) is 12.8. The third kappa shape index (κ3) is 3.33. The molecule has 0 spiro atoms. The molecule has 0 aliphatic heterocycles. The lowest BCUT2D eigenvalue weighted by molar-refractivity contribution is 0.352. The molecule has 1 aromatic carbocycles. The summed E-state index contributed by atoms with van der Waals surface area (Å²) in [5.41, 5.74) is 10.3. The molecule has 4 N–H and O–H groups in total. The molecule has 0 aliphatic rings. The summed E-state index contributed by atoms with van der Waals surface area (Å²) in [7, 11) is 2.87. The molecule has 92 valence electrons. The van der Waals surface area contributed by atoms with Gasteiger partial charge in [0, 0.05) is 11.6 Å². The second-order valence-corrected chi connectivity index (χ2v) is 3.00. The van der Waals surface area contributed by atoms with Crippen LogP contribution in [0.15, 0.2) is 22.3 Å². The van der Waals surface area contributed by atoms with E-state index in [4.69, 9.17) is 20.9 Å². The molecular formula is C10H13FN4O2. The van der Waals surface area contributed by atoms with E-state index in [9.17, 15) is 4.39 Å². The number of rotatable bonds is 4. The molecule has 0 bridgehead atoms. The number of nitrogens with two attached hydrogens (primary N) is 2. The van der Waals surface area contributed by atoms with Gasteiger partial charge < -0.3 is 20.9 Å². The monoisotopic (exact) mass is 240 g/mol. The van der Waals surface area contributed by atoms with Crippen LogP contribution in [-0.2, 0) is 0 Å². The molecule has 1 aromatic rings. The molecule has 0 radical (unpaired) electrons. The summed E-state index contributed by atoms with van der Waals surface area (Å²) in [5, 5.41) is 6.87. The van der Waals surface area contributed by atoms with Gasteiger partial charge in [0.2, 0.25) is 5.96 Å². The first-order valence-electron chi connectivity index (χ1n) is 4.62. The standard InChI is InChI=1S/C10H13FN4O2/c1-16-8-3-6(5-14-15-10(12)13)7(11)4-9(8)17-2/h3-5H,1-2H3,(H4,12,13,15). The summed E-state index contributed by atoms with van der Waals surface area (Å²) < 4.78 is 23.5. The number of methoxy groups -OCH3 is 2. The SMILES string of the molecule is COc1cc(F)c(C=NN=C(N)N)cc1OC. The van der Waals surface area contributed by atoms with Crippen molar-refractivity contribution >= 4 is 12.2 Å². The molecule has 1 rings (SSSR count). The maximum absolute atomic E-state index is 13.5. The van der Waals surface area contributed by atoms with E-state index < -0.39 is 5.82 Å². The van der Waals surface area contributed by atoms with Crippen molar-refractivity contribution in [2.75, 3.05) is 14.2 Å². The molecular weight excluding hydrogens is 227 g/mol. The minimum atomic E-state index is -0.516. The van der Waals surface area contributed by atoms with Gasteiger partial charge in [-0.3, -0.25) is 0 Å². The first-order valence-corrected chi connectivity index (χ1v) is 4.62. The lowest BCUT2D eigenvalue weighted by Crippen LogP contribution is -2.21.